The number of hydrogen-bond acceptors (Lipinski definition) is 2. The molecule has 1 atom stereocenters. The van der Waals surface area contributed by atoms with Crippen molar-refractivity contribution in [3.8, 4) is 0 Å². The molecule has 0 radical (unpaired) electrons. The van der Waals surface area contributed by atoms with Crippen molar-refractivity contribution in [2.24, 2.45) is 10.7 Å². The van der Waals surface area contributed by atoms with Gasteiger partial charge in [0.1, 0.15) is 17.2 Å². The molecule has 0 fully saturated rings. The summed E-state index contributed by atoms with van der Waals surface area (Å²) in [6, 6.07) is 3.06. The number of nitrogens with one attached hydrogen (secondary N) is 1. The summed E-state index contributed by atoms with van der Waals surface area (Å²) in [5, 5.41) is 13.2. The molecule has 0 spiro atoms. The Labute approximate surface area is 153 Å². The van der Waals surface area contributed by atoms with E-state index in [0.717, 1.165) is 31.4 Å². The highest BCUT2D eigenvalue weighted by atomic mass is 127. The predicted octanol–water partition coefficient (Wildman–Crippen LogP) is 3.27. The van der Waals surface area contributed by atoms with Gasteiger partial charge < -0.3 is 16.2 Å². The monoisotopic (exact) mass is 441 g/mol. The maximum atomic E-state index is 13.7. The lowest BCUT2D eigenvalue weighted by molar-refractivity contribution is 0.0633. The third-order valence-electron chi connectivity index (χ3n) is 3.41. The highest BCUT2D eigenvalue weighted by Crippen LogP contribution is 2.24. The minimum atomic E-state index is -1.55. The molecule has 0 amide bonds. The van der Waals surface area contributed by atoms with Crippen molar-refractivity contribution in [3.05, 3.63) is 35.4 Å². The summed E-state index contributed by atoms with van der Waals surface area (Å²) < 4.78 is 26.6. The highest BCUT2D eigenvalue weighted by molar-refractivity contribution is 14.0. The van der Waals surface area contributed by atoms with E-state index >= 15 is 0 Å². The Morgan fingerprint density at radius 3 is 2.61 bits per heavy atom. The summed E-state index contributed by atoms with van der Waals surface area (Å²) in [5.74, 6) is -1.28. The molecule has 4 N–H and O–H groups in total. The highest BCUT2D eigenvalue weighted by Gasteiger charge is 2.26. The Morgan fingerprint density at radius 1 is 1.30 bits per heavy atom. The van der Waals surface area contributed by atoms with E-state index in [-0.39, 0.29) is 42.0 Å². The summed E-state index contributed by atoms with van der Waals surface area (Å²) in [6.07, 6.45) is 4.45. The molecule has 0 aromatic heterocycles. The van der Waals surface area contributed by atoms with Crippen LogP contribution < -0.4 is 11.1 Å². The molecule has 0 saturated carbocycles. The normalized spacial score (nSPS) is 14.0. The number of hydrogen-bond donors (Lipinski definition) is 3. The number of guanidine groups is 1. The number of halogens is 3. The first kappa shape index (κ1) is 22.0. The van der Waals surface area contributed by atoms with Gasteiger partial charge >= 0.3 is 0 Å². The summed E-state index contributed by atoms with van der Waals surface area (Å²) >= 11 is 0. The molecule has 132 valence electrons. The van der Waals surface area contributed by atoms with Gasteiger partial charge in [-0.05, 0) is 19.4 Å². The van der Waals surface area contributed by atoms with E-state index in [0.29, 0.717) is 6.54 Å². The second-order valence-electron chi connectivity index (χ2n) is 5.59. The van der Waals surface area contributed by atoms with Gasteiger partial charge in [0, 0.05) is 18.2 Å². The first-order valence-electron chi connectivity index (χ1n) is 7.58. The summed E-state index contributed by atoms with van der Waals surface area (Å²) in [6.45, 7) is 4.16. The van der Waals surface area contributed by atoms with E-state index in [4.69, 9.17) is 5.73 Å². The molecule has 23 heavy (non-hydrogen) atoms. The lowest BCUT2D eigenvalue weighted by Gasteiger charge is -2.22. The fourth-order valence-electron chi connectivity index (χ4n) is 2.07. The van der Waals surface area contributed by atoms with Gasteiger partial charge in [-0.15, -0.1) is 24.0 Å². The van der Waals surface area contributed by atoms with Crippen LogP contribution in [0.5, 0.6) is 0 Å². The molecule has 1 unspecified atom stereocenters. The Hall–Kier alpha value is -0.960. The van der Waals surface area contributed by atoms with Crippen LogP contribution in [-0.4, -0.2) is 24.2 Å². The van der Waals surface area contributed by atoms with E-state index in [1.807, 2.05) is 0 Å². The lowest BCUT2D eigenvalue weighted by atomic mass is 9.95. The number of benzene rings is 1. The van der Waals surface area contributed by atoms with Gasteiger partial charge in [0.15, 0.2) is 5.96 Å². The molecule has 1 rings (SSSR count). The predicted molar refractivity (Wildman–Crippen MR) is 100.0 cm³/mol. The molecule has 0 saturated heterocycles. The zero-order chi connectivity index (χ0) is 16.6. The van der Waals surface area contributed by atoms with Crippen molar-refractivity contribution in [3.63, 3.8) is 0 Å². The van der Waals surface area contributed by atoms with Gasteiger partial charge in [0.05, 0.1) is 6.54 Å². The quantitative estimate of drug-likeness (QED) is 0.251. The lowest BCUT2D eigenvalue weighted by Crippen LogP contribution is -2.35. The van der Waals surface area contributed by atoms with Crippen molar-refractivity contribution >= 4 is 29.9 Å². The Kier molecular flexibility index (Phi) is 10.3. The van der Waals surface area contributed by atoms with Crippen LogP contribution in [0.4, 0.5) is 8.78 Å². The van der Waals surface area contributed by atoms with Crippen LogP contribution in [0.15, 0.2) is 23.2 Å². The summed E-state index contributed by atoms with van der Waals surface area (Å²) in [7, 11) is 0. The number of aliphatic hydroxyl groups is 1. The first-order chi connectivity index (χ1) is 10.4. The fourth-order valence-corrected chi connectivity index (χ4v) is 2.07. The topological polar surface area (TPSA) is 70.6 Å². The number of rotatable bonds is 8. The second kappa shape index (κ2) is 10.7. The second-order valence-corrected chi connectivity index (χ2v) is 5.59. The van der Waals surface area contributed by atoms with Crippen LogP contribution in [0.3, 0.4) is 0 Å². The smallest absolute Gasteiger partial charge is 0.188 e. The average molecular weight is 441 g/mol. The van der Waals surface area contributed by atoms with Gasteiger partial charge in [0.25, 0.3) is 0 Å². The van der Waals surface area contributed by atoms with Gasteiger partial charge in [0.2, 0.25) is 0 Å². The van der Waals surface area contributed by atoms with Crippen LogP contribution >= 0.6 is 24.0 Å². The molecule has 1 aromatic rings. The summed E-state index contributed by atoms with van der Waals surface area (Å²) in [5.41, 5.74) is 4.15. The third kappa shape index (κ3) is 7.92. The minimum Gasteiger partial charge on any atom is -0.383 e. The number of unbranched alkanes of at least 4 members (excludes halogenated alkanes) is 3. The molecule has 0 bridgehead atoms. The van der Waals surface area contributed by atoms with Gasteiger partial charge in [-0.3, -0.25) is 4.99 Å². The van der Waals surface area contributed by atoms with Crippen molar-refractivity contribution in [2.75, 3.05) is 13.1 Å². The van der Waals surface area contributed by atoms with E-state index in [1.165, 1.54) is 19.4 Å². The zero-order valence-corrected chi connectivity index (χ0v) is 15.9. The molecule has 0 aliphatic carbocycles. The van der Waals surface area contributed by atoms with Crippen molar-refractivity contribution in [1.82, 2.24) is 5.32 Å². The maximum Gasteiger partial charge on any atom is 0.188 e. The van der Waals surface area contributed by atoms with Crippen molar-refractivity contribution in [2.45, 2.75) is 45.1 Å². The van der Waals surface area contributed by atoms with E-state index in [1.54, 1.807) is 0 Å². The molecule has 4 nitrogen and oxygen atoms in total. The van der Waals surface area contributed by atoms with Crippen molar-refractivity contribution < 1.29 is 13.9 Å². The molecule has 1 aromatic carbocycles. The van der Waals surface area contributed by atoms with E-state index in [2.05, 4.69) is 17.2 Å². The maximum absolute atomic E-state index is 13.7. The molecule has 0 heterocycles. The first-order valence-corrected chi connectivity index (χ1v) is 7.58. The van der Waals surface area contributed by atoms with Gasteiger partial charge in [-0.25, -0.2) is 8.78 Å². The third-order valence-corrected chi connectivity index (χ3v) is 3.41. The van der Waals surface area contributed by atoms with Crippen LogP contribution in [0, 0.1) is 11.6 Å². The molecular formula is C16H26F2IN3O. The van der Waals surface area contributed by atoms with Crippen LogP contribution in [0.25, 0.3) is 0 Å². The Bertz CT molecular complexity index is 510. The largest absolute Gasteiger partial charge is 0.383 e. The summed E-state index contributed by atoms with van der Waals surface area (Å²) in [4.78, 5) is 4.03. The Balaban J connectivity index is 0.00000484. The van der Waals surface area contributed by atoms with Crippen molar-refractivity contribution in [1.29, 1.82) is 0 Å². The zero-order valence-electron chi connectivity index (χ0n) is 13.6. The van der Waals surface area contributed by atoms with E-state index < -0.39 is 17.2 Å². The SMILES string of the molecule is CCCCCCNC(N)=NCC(C)(O)c1ccc(F)cc1F.I. The molecule has 0 aliphatic heterocycles. The van der Waals surface area contributed by atoms with Gasteiger partial charge in [-0.1, -0.05) is 32.3 Å². The molecular weight excluding hydrogens is 415 g/mol. The fraction of sp³-hybridized carbons (Fsp3) is 0.562. The van der Waals surface area contributed by atoms with Crippen LogP contribution in [0.1, 0.15) is 45.1 Å². The average Bonchev–Trinajstić information content (AvgIpc) is 2.44. The molecule has 7 heteroatoms. The number of aliphatic imine (C=N–C) groups is 1. The Morgan fingerprint density at radius 2 is 2.00 bits per heavy atom. The molecule has 0 aliphatic rings. The number of nitrogens with two attached hydrogens (primary N) is 1. The van der Waals surface area contributed by atoms with Gasteiger partial charge in [-0.2, -0.15) is 0 Å². The number of nitrogens with zero attached hydrogens (tertiary/aromatic N) is 1. The van der Waals surface area contributed by atoms with E-state index in [9.17, 15) is 13.9 Å². The standard InChI is InChI=1S/C16H25F2N3O.HI/c1-3-4-5-6-9-20-15(19)21-11-16(2,22)13-8-7-12(17)10-14(13)18;/h7-8,10,22H,3-6,9,11H2,1-2H3,(H3,19,20,21);1H. The van der Waals surface area contributed by atoms with Crippen LogP contribution in [-0.2, 0) is 5.60 Å². The minimum absolute atomic E-state index is 0. The van der Waals surface area contributed by atoms with Crippen LogP contribution in [0.2, 0.25) is 0 Å².